The lowest BCUT2D eigenvalue weighted by Crippen LogP contribution is -2.02. The van der Waals surface area contributed by atoms with Crippen LogP contribution in [-0.2, 0) is 25.9 Å². The molecule has 1 aliphatic rings. The van der Waals surface area contributed by atoms with Crippen LogP contribution in [0.4, 0.5) is 0 Å². The quantitative estimate of drug-likeness (QED) is 0.796. The van der Waals surface area contributed by atoms with E-state index in [0.717, 1.165) is 23.3 Å². The van der Waals surface area contributed by atoms with Crippen molar-refractivity contribution in [2.75, 3.05) is 0 Å². The molecule has 0 amide bonds. The third-order valence-electron chi connectivity index (χ3n) is 4.93. The molecular weight excluding hydrogens is 284 g/mol. The first kappa shape index (κ1) is 14.5. The zero-order chi connectivity index (χ0) is 15.8. The van der Waals surface area contributed by atoms with Crippen LogP contribution in [0.3, 0.4) is 0 Å². The summed E-state index contributed by atoms with van der Waals surface area (Å²) in [5, 5.41) is 9.34. The lowest BCUT2D eigenvalue weighted by atomic mass is 9.89. The summed E-state index contributed by atoms with van der Waals surface area (Å²) in [5.41, 5.74) is 8.35. The standard InChI is InChI=1S/C20H22N2O/c1-2-18-20(21-19-11-14(13-23)9-10-22(18)19)17-8-7-15-5-3-4-6-16(15)12-17/h7-12,23H,2-6,13H2,1H3. The maximum Gasteiger partial charge on any atom is 0.138 e. The van der Waals surface area contributed by atoms with E-state index in [9.17, 15) is 5.11 Å². The van der Waals surface area contributed by atoms with Crippen molar-refractivity contribution in [2.24, 2.45) is 0 Å². The summed E-state index contributed by atoms with van der Waals surface area (Å²) in [7, 11) is 0. The molecule has 2 aromatic heterocycles. The molecule has 1 aromatic carbocycles. The zero-order valence-corrected chi connectivity index (χ0v) is 13.5. The van der Waals surface area contributed by atoms with Gasteiger partial charge in [-0.2, -0.15) is 0 Å². The van der Waals surface area contributed by atoms with Crippen molar-refractivity contribution in [1.82, 2.24) is 9.38 Å². The Hall–Kier alpha value is -2.13. The number of rotatable bonds is 3. The van der Waals surface area contributed by atoms with E-state index in [0.29, 0.717) is 0 Å². The number of aliphatic hydroxyl groups excluding tert-OH is 1. The van der Waals surface area contributed by atoms with Crippen molar-refractivity contribution in [3.8, 4) is 11.3 Å². The third kappa shape index (κ3) is 2.45. The molecule has 0 saturated carbocycles. The minimum Gasteiger partial charge on any atom is -0.392 e. The van der Waals surface area contributed by atoms with Gasteiger partial charge in [0.05, 0.1) is 18.0 Å². The first-order chi connectivity index (χ1) is 11.3. The Morgan fingerprint density at radius 2 is 1.91 bits per heavy atom. The molecule has 118 valence electrons. The minimum atomic E-state index is 0.0546. The van der Waals surface area contributed by atoms with E-state index in [-0.39, 0.29) is 6.61 Å². The highest BCUT2D eigenvalue weighted by molar-refractivity contribution is 5.68. The van der Waals surface area contributed by atoms with Crippen LogP contribution in [0.25, 0.3) is 16.9 Å². The maximum atomic E-state index is 9.34. The van der Waals surface area contributed by atoms with Crippen molar-refractivity contribution in [3.63, 3.8) is 0 Å². The Kier molecular flexibility index (Phi) is 3.66. The normalized spacial score (nSPS) is 14.2. The molecule has 3 nitrogen and oxygen atoms in total. The number of benzene rings is 1. The van der Waals surface area contributed by atoms with E-state index in [1.807, 2.05) is 18.3 Å². The highest BCUT2D eigenvalue weighted by Crippen LogP contribution is 2.30. The van der Waals surface area contributed by atoms with Crippen molar-refractivity contribution in [1.29, 1.82) is 0 Å². The number of nitrogens with zero attached hydrogens (tertiary/aromatic N) is 2. The number of fused-ring (bicyclic) bond motifs is 2. The molecule has 0 fully saturated rings. The molecule has 23 heavy (non-hydrogen) atoms. The molecule has 2 heterocycles. The highest BCUT2D eigenvalue weighted by Gasteiger charge is 2.16. The van der Waals surface area contributed by atoms with Crippen molar-refractivity contribution >= 4 is 5.65 Å². The Morgan fingerprint density at radius 1 is 1.09 bits per heavy atom. The van der Waals surface area contributed by atoms with E-state index in [1.54, 1.807) is 0 Å². The van der Waals surface area contributed by atoms with Gasteiger partial charge in [-0.15, -0.1) is 0 Å². The predicted molar refractivity (Wildman–Crippen MR) is 92.6 cm³/mol. The van der Waals surface area contributed by atoms with Crippen LogP contribution in [0.15, 0.2) is 36.5 Å². The van der Waals surface area contributed by atoms with Gasteiger partial charge in [0.15, 0.2) is 0 Å². The molecule has 0 bridgehead atoms. The van der Waals surface area contributed by atoms with Crippen LogP contribution in [0.2, 0.25) is 0 Å². The predicted octanol–water partition coefficient (Wildman–Crippen LogP) is 3.93. The average molecular weight is 306 g/mol. The fraction of sp³-hybridized carbons (Fsp3) is 0.350. The zero-order valence-electron chi connectivity index (χ0n) is 13.5. The molecule has 0 aliphatic heterocycles. The Balaban J connectivity index is 1.87. The van der Waals surface area contributed by atoms with E-state index < -0.39 is 0 Å². The molecule has 3 aromatic rings. The minimum absolute atomic E-state index is 0.0546. The smallest absolute Gasteiger partial charge is 0.138 e. The molecule has 0 radical (unpaired) electrons. The summed E-state index contributed by atoms with van der Waals surface area (Å²) in [5.74, 6) is 0. The van der Waals surface area contributed by atoms with Crippen molar-refractivity contribution < 1.29 is 5.11 Å². The number of aliphatic hydroxyl groups is 1. The van der Waals surface area contributed by atoms with Crippen LogP contribution in [-0.4, -0.2) is 14.5 Å². The molecule has 0 unspecified atom stereocenters. The average Bonchev–Trinajstić information content (AvgIpc) is 2.98. The molecule has 1 N–H and O–H groups in total. The van der Waals surface area contributed by atoms with E-state index >= 15 is 0 Å². The van der Waals surface area contributed by atoms with Gasteiger partial charge in [0.25, 0.3) is 0 Å². The number of aromatic nitrogens is 2. The van der Waals surface area contributed by atoms with E-state index in [2.05, 4.69) is 29.5 Å². The van der Waals surface area contributed by atoms with Gasteiger partial charge in [-0.3, -0.25) is 0 Å². The van der Waals surface area contributed by atoms with Gasteiger partial charge in [-0.1, -0.05) is 19.1 Å². The summed E-state index contributed by atoms with van der Waals surface area (Å²) >= 11 is 0. The number of aryl methyl sites for hydroxylation is 3. The molecular formula is C20H22N2O. The fourth-order valence-electron chi connectivity index (χ4n) is 3.69. The lowest BCUT2D eigenvalue weighted by Gasteiger charge is -2.16. The summed E-state index contributed by atoms with van der Waals surface area (Å²) in [6, 6.07) is 10.8. The van der Waals surface area contributed by atoms with Crippen LogP contribution >= 0.6 is 0 Å². The van der Waals surface area contributed by atoms with E-state index in [1.165, 1.54) is 48.1 Å². The summed E-state index contributed by atoms with van der Waals surface area (Å²) < 4.78 is 2.15. The number of hydrogen-bond donors (Lipinski definition) is 1. The molecule has 0 spiro atoms. The molecule has 1 aliphatic carbocycles. The first-order valence-corrected chi connectivity index (χ1v) is 8.53. The molecule has 4 rings (SSSR count). The third-order valence-corrected chi connectivity index (χ3v) is 4.93. The van der Waals surface area contributed by atoms with Crippen LogP contribution in [0.5, 0.6) is 0 Å². The summed E-state index contributed by atoms with van der Waals surface area (Å²) in [6.07, 6.45) is 7.96. The Labute approximate surface area is 136 Å². The van der Waals surface area contributed by atoms with Crippen molar-refractivity contribution in [2.45, 2.75) is 45.6 Å². The largest absolute Gasteiger partial charge is 0.392 e. The second-order valence-corrected chi connectivity index (χ2v) is 6.37. The molecule has 3 heteroatoms. The topological polar surface area (TPSA) is 37.5 Å². The number of pyridine rings is 1. The first-order valence-electron chi connectivity index (χ1n) is 8.53. The monoisotopic (exact) mass is 306 g/mol. The Bertz CT molecular complexity index is 863. The number of hydrogen-bond acceptors (Lipinski definition) is 2. The van der Waals surface area contributed by atoms with Gasteiger partial charge in [-0.05, 0) is 67.0 Å². The van der Waals surface area contributed by atoms with Gasteiger partial charge < -0.3 is 9.51 Å². The van der Waals surface area contributed by atoms with Gasteiger partial charge >= 0.3 is 0 Å². The number of imidazole rings is 1. The van der Waals surface area contributed by atoms with Gasteiger partial charge in [-0.25, -0.2) is 4.98 Å². The van der Waals surface area contributed by atoms with Crippen LogP contribution in [0, 0.1) is 0 Å². The Morgan fingerprint density at radius 3 is 2.70 bits per heavy atom. The lowest BCUT2D eigenvalue weighted by molar-refractivity contribution is 0.282. The fourth-order valence-corrected chi connectivity index (χ4v) is 3.69. The van der Waals surface area contributed by atoms with Crippen LogP contribution in [0.1, 0.15) is 42.1 Å². The van der Waals surface area contributed by atoms with Gasteiger partial charge in [0.2, 0.25) is 0 Å². The van der Waals surface area contributed by atoms with Crippen LogP contribution < -0.4 is 0 Å². The maximum absolute atomic E-state index is 9.34. The van der Waals surface area contributed by atoms with Gasteiger partial charge in [0.1, 0.15) is 5.65 Å². The summed E-state index contributed by atoms with van der Waals surface area (Å²) in [6.45, 7) is 2.23. The molecule has 0 saturated heterocycles. The van der Waals surface area contributed by atoms with Gasteiger partial charge in [0, 0.05) is 11.8 Å². The van der Waals surface area contributed by atoms with Crippen molar-refractivity contribution in [3.05, 3.63) is 58.9 Å². The van der Waals surface area contributed by atoms with E-state index in [4.69, 9.17) is 4.98 Å². The SMILES string of the molecule is CCc1c(-c2ccc3c(c2)CCCC3)nc2cc(CO)ccn12. The second kappa shape index (κ2) is 5.82. The molecule has 0 atom stereocenters. The highest BCUT2D eigenvalue weighted by atomic mass is 16.3. The second-order valence-electron chi connectivity index (χ2n) is 6.37. The summed E-state index contributed by atoms with van der Waals surface area (Å²) in [4.78, 5) is 4.86.